The normalized spacial score (nSPS) is 16.3. The fraction of sp³-hybridized carbons (Fsp3) is 0.188. The lowest BCUT2D eigenvalue weighted by atomic mass is 10.2. The van der Waals surface area contributed by atoms with Crippen LogP contribution in [0.25, 0.3) is 0 Å². The standard InChI is InChI=1S/C16H13IO4/c17-12-7-5-11(6-8-12)16(18)20-10-13-9-19-14-3-1-2-4-15(14)21-13/h1-8,13H,9-10H2. The van der Waals surface area contributed by atoms with E-state index in [0.717, 1.165) is 9.32 Å². The molecule has 0 aromatic heterocycles. The van der Waals surface area contributed by atoms with Gasteiger partial charge in [-0.1, -0.05) is 12.1 Å². The van der Waals surface area contributed by atoms with E-state index in [0.29, 0.717) is 17.9 Å². The zero-order valence-corrected chi connectivity index (χ0v) is 13.3. The van der Waals surface area contributed by atoms with Crippen molar-refractivity contribution in [1.29, 1.82) is 0 Å². The number of rotatable bonds is 3. The van der Waals surface area contributed by atoms with Crippen molar-refractivity contribution in [3.8, 4) is 11.5 Å². The minimum Gasteiger partial charge on any atom is -0.486 e. The van der Waals surface area contributed by atoms with Crippen LogP contribution < -0.4 is 9.47 Å². The smallest absolute Gasteiger partial charge is 0.338 e. The summed E-state index contributed by atoms with van der Waals surface area (Å²) in [7, 11) is 0. The van der Waals surface area contributed by atoms with Crippen LogP contribution in [0.3, 0.4) is 0 Å². The van der Waals surface area contributed by atoms with Crippen LogP contribution in [-0.4, -0.2) is 25.3 Å². The molecule has 0 fully saturated rings. The first kappa shape index (κ1) is 14.2. The lowest BCUT2D eigenvalue weighted by molar-refractivity contribution is 0.0110. The topological polar surface area (TPSA) is 44.8 Å². The van der Waals surface area contributed by atoms with Gasteiger partial charge in [0, 0.05) is 3.57 Å². The summed E-state index contributed by atoms with van der Waals surface area (Å²) in [5.41, 5.74) is 0.535. The SMILES string of the molecule is O=C(OCC1COc2ccccc2O1)c1ccc(I)cc1. The molecule has 0 bridgehead atoms. The van der Waals surface area contributed by atoms with Crippen molar-refractivity contribution >= 4 is 28.6 Å². The highest BCUT2D eigenvalue weighted by Gasteiger charge is 2.22. The summed E-state index contributed by atoms with van der Waals surface area (Å²) in [5.74, 6) is 1.05. The molecule has 2 aromatic rings. The maximum absolute atomic E-state index is 11.9. The zero-order chi connectivity index (χ0) is 14.7. The molecule has 0 saturated carbocycles. The van der Waals surface area contributed by atoms with Crippen molar-refractivity contribution in [1.82, 2.24) is 0 Å². The van der Waals surface area contributed by atoms with Crippen molar-refractivity contribution in [2.45, 2.75) is 6.10 Å². The molecule has 4 nitrogen and oxygen atoms in total. The number of para-hydroxylation sites is 2. The average Bonchev–Trinajstić information content (AvgIpc) is 2.53. The summed E-state index contributed by atoms with van der Waals surface area (Å²) in [6, 6.07) is 14.7. The Balaban J connectivity index is 1.56. The Labute approximate surface area is 136 Å². The highest BCUT2D eigenvalue weighted by atomic mass is 127. The van der Waals surface area contributed by atoms with E-state index in [1.165, 1.54) is 0 Å². The average molecular weight is 396 g/mol. The molecule has 2 aromatic carbocycles. The highest BCUT2D eigenvalue weighted by molar-refractivity contribution is 14.1. The number of carbonyl (C=O) groups is 1. The van der Waals surface area contributed by atoms with E-state index in [1.54, 1.807) is 12.1 Å². The Kier molecular flexibility index (Phi) is 4.28. The fourth-order valence-corrected chi connectivity index (χ4v) is 2.34. The summed E-state index contributed by atoms with van der Waals surface area (Å²) in [6.07, 6.45) is -0.285. The molecule has 1 atom stereocenters. The molecule has 1 unspecified atom stereocenters. The van der Waals surface area contributed by atoms with Crippen molar-refractivity contribution in [3.05, 3.63) is 57.7 Å². The van der Waals surface area contributed by atoms with Gasteiger partial charge >= 0.3 is 5.97 Å². The third-order valence-corrected chi connectivity index (χ3v) is 3.77. The van der Waals surface area contributed by atoms with E-state index >= 15 is 0 Å². The van der Waals surface area contributed by atoms with Gasteiger partial charge in [-0.15, -0.1) is 0 Å². The van der Waals surface area contributed by atoms with Crippen molar-refractivity contribution in [2.24, 2.45) is 0 Å². The summed E-state index contributed by atoms with van der Waals surface area (Å²) < 4.78 is 17.7. The Morgan fingerprint density at radius 2 is 1.86 bits per heavy atom. The largest absolute Gasteiger partial charge is 0.486 e. The molecule has 5 heteroatoms. The second-order valence-electron chi connectivity index (χ2n) is 4.60. The van der Waals surface area contributed by atoms with Gasteiger partial charge in [0.05, 0.1) is 5.56 Å². The van der Waals surface area contributed by atoms with Crippen LogP contribution in [0.2, 0.25) is 0 Å². The third kappa shape index (κ3) is 3.47. The van der Waals surface area contributed by atoms with E-state index in [1.807, 2.05) is 36.4 Å². The number of fused-ring (bicyclic) bond motifs is 1. The van der Waals surface area contributed by atoms with Gasteiger partial charge in [-0.25, -0.2) is 4.79 Å². The molecule has 0 saturated heterocycles. The van der Waals surface area contributed by atoms with Gasteiger partial charge in [0.15, 0.2) is 17.6 Å². The number of halogens is 1. The molecule has 21 heavy (non-hydrogen) atoms. The van der Waals surface area contributed by atoms with Crippen LogP contribution in [0.5, 0.6) is 11.5 Å². The Morgan fingerprint density at radius 1 is 1.14 bits per heavy atom. The predicted molar refractivity (Wildman–Crippen MR) is 85.8 cm³/mol. The number of hydrogen-bond acceptors (Lipinski definition) is 4. The first-order valence-electron chi connectivity index (χ1n) is 6.53. The molecular formula is C16H13IO4. The van der Waals surface area contributed by atoms with Crippen LogP contribution in [0.1, 0.15) is 10.4 Å². The minimum absolute atomic E-state index is 0.166. The molecule has 0 radical (unpaired) electrons. The van der Waals surface area contributed by atoms with Gasteiger partial charge in [0.1, 0.15) is 13.2 Å². The molecular weight excluding hydrogens is 383 g/mol. The zero-order valence-electron chi connectivity index (χ0n) is 11.1. The molecule has 1 heterocycles. The molecule has 1 aliphatic rings. The number of ether oxygens (including phenoxy) is 3. The van der Waals surface area contributed by atoms with E-state index in [9.17, 15) is 4.79 Å². The molecule has 108 valence electrons. The van der Waals surface area contributed by atoms with Crippen LogP contribution in [0.4, 0.5) is 0 Å². The van der Waals surface area contributed by atoms with Crippen LogP contribution in [-0.2, 0) is 4.74 Å². The van der Waals surface area contributed by atoms with E-state index in [2.05, 4.69) is 22.6 Å². The molecule has 0 aliphatic carbocycles. The lowest BCUT2D eigenvalue weighted by Crippen LogP contribution is -2.34. The first-order valence-corrected chi connectivity index (χ1v) is 7.61. The van der Waals surface area contributed by atoms with Crippen molar-refractivity contribution in [2.75, 3.05) is 13.2 Å². The molecule has 0 N–H and O–H groups in total. The van der Waals surface area contributed by atoms with Crippen molar-refractivity contribution < 1.29 is 19.0 Å². The lowest BCUT2D eigenvalue weighted by Gasteiger charge is -2.26. The van der Waals surface area contributed by atoms with Crippen LogP contribution >= 0.6 is 22.6 Å². The van der Waals surface area contributed by atoms with Crippen LogP contribution in [0.15, 0.2) is 48.5 Å². The van der Waals surface area contributed by atoms with Gasteiger partial charge in [0.2, 0.25) is 0 Å². The number of carbonyl (C=O) groups excluding carboxylic acids is 1. The Bertz CT molecular complexity index is 639. The van der Waals surface area contributed by atoms with Crippen molar-refractivity contribution in [3.63, 3.8) is 0 Å². The molecule has 3 rings (SSSR count). The second kappa shape index (κ2) is 6.34. The van der Waals surface area contributed by atoms with Crippen LogP contribution in [0, 0.1) is 3.57 Å². The summed E-state index contributed by atoms with van der Waals surface area (Å²) in [6.45, 7) is 0.538. The Hall–Kier alpha value is -1.76. The number of hydrogen-bond donors (Lipinski definition) is 0. The highest BCUT2D eigenvalue weighted by Crippen LogP contribution is 2.30. The number of esters is 1. The molecule has 0 spiro atoms. The first-order chi connectivity index (χ1) is 10.2. The van der Waals surface area contributed by atoms with Gasteiger partial charge in [-0.05, 0) is 59.0 Å². The van der Waals surface area contributed by atoms with E-state index < -0.39 is 0 Å². The van der Waals surface area contributed by atoms with E-state index in [4.69, 9.17) is 14.2 Å². The van der Waals surface area contributed by atoms with Gasteiger partial charge in [-0.2, -0.15) is 0 Å². The number of benzene rings is 2. The molecule has 1 aliphatic heterocycles. The predicted octanol–water partition coefficient (Wildman–Crippen LogP) is 3.29. The van der Waals surface area contributed by atoms with Gasteiger partial charge in [-0.3, -0.25) is 0 Å². The van der Waals surface area contributed by atoms with Gasteiger partial charge in [0.25, 0.3) is 0 Å². The molecule has 0 amide bonds. The summed E-state index contributed by atoms with van der Waals surface area (Å²) >= 11 is 2.19. The quantitative estimate of drug-likeness (QED) is 0.590. The fourth-order valence-electron chi connectivity index (χ4n) is 1.98. The second-order valence-corrected chi connectivity index (χ2v) is 5.85. The monoisotopic (exact) mass is 396 g/mol. The Morgan fingerprint density at radius 3 is 2.62 bits per heavy atom. The summed E-state index contributed by atoms with van der Waals surface area (Å²) in [5, 5.41) is 0. The van der Waals surface area contributed by atoms with E-state index in [-0.39, 0.29) is 18.7 Å². The maximum atomic E-state index is 11.9. The van der Waals surface area contributed by atoms with Gasteiger partial charge < -0.3 is 14.2 Å². The minimum atomic E-state index is -0.353. The maximum Gasteiger partial charge on any atom is 0.338 e. The third-order valence-electron chi connectivity index (χ3n) is 3.05. The summed E-state index contributed by atoms with van der Waals surface area (Å²) in [4.78, 5) is 11.9.